The second-order valence-electron chi connectivity index (χ2n) is 8.38. The fourth-order valence-electron chi connectivity index (χ4n) is 4.38. The lowest BCUT2D eigenvalue weighted by atomic mass is 9.95. The third kappa shape index (κ3) is 3.85. The van der Waals surface area contributed by atoms with Gasteiger partial charge >= 0.3 is 5.91 Å². The quantitative estimate of drug-likeness (QED) is 0.227. The summed E-state index contributed by atoms with van der Waals surface area (Å²) in [4.78, 5) is 32.6. The average Bonchev–Trinajstić information content (AvgIpc) is 3.38. The fraction of sp³-hybridized carbons (Fsp3) is 0.148. The number of methoxy groups -OCH3 is 1. The van der Waals surface area contributed by atoms with Gasteiger partial charge in [0, 0.05) is 5.56 Å². The van der Waals surface area contributed by atoms with E-state index in [1.807, 2.05) is 26.0 Å². The lowest BCUT2D eigenvalue weighted by molar-refractivity contribution is -0.132. The van der Waals surface area contributed by atoms with Crippen molar-refractivity contribution in [1.29, 1.82) is 0 Å². The van der Waals surface area contributed by atoms with Gasteiger partial charge in [-0.2, -0.15) is 0 Å². The van der Waals surface area contributed by atoms with Crippen molar-refractivity contribution in [3.05, 3.63) is 94.3 Å². The Bertz CT molecular complexity index is 1520. The molecule has 1 aromatic heterocycles. The van der Waals surface area contributed by atoms with Crippen LogP contribution in [0, 0.1) is 19.7 Å². The zero-order chi connectivity index (χ0) is 24.9. The zero-order valence-electron chi connectivity index (χ0n) is 19.2. The average molecular weight is 489 g/mol. The van der Waals surface area contributed by atoms with Crippen LogP contribution in [0.15, 0.2) is 66.2 Å². The number of hydrogen-bond donors (Lipinski definition) is 1. The zero-order valence-corrected chi connectivity index (χ0v) is 20.0. The van der Waals surface area contributed by atoms with Gasteiger partial charge < -0.3 is 9.84 Å². The van der Waals surface area contributed by atoms with Gasteiger partial charge in [0.15, 0.2) is 5.13 Å². The summed E-state index contributed by atoms with van der Waals surface area (Å²) in [5.74, 6) is -1.96. The molecule has 8 heteroatoms. The van der Waals surface area contributed by atoms with E-state index in [9.17, 15) is 19.1 Å². The Hall–Kier alpha value is -4.04. The van der Waals surface area contributed by atoms with E-state index in [4.69, 9.17) is 4.74 Å². The molecule has 0 spiro atoms. The molecule has 0 aliphatic carbocycles. The lowest BCUT2D eigenvalue weighted by Gasteiger charge is -2.23. The van der Waals surface area contributed by atoms with Crippen LogP contribution >= 0.6 is 11.3 Å². The summed E-state index contributed by atoms with van der Waals surface area (Å²) in [6.07, 6.45) is 0. The highest BCUT2D eigenvalue weighted by Gasteiger charge is 2.48. The van der Waals surface area contributed by atoms with E-state index >= 15 is 0 Å². The van der Waals surface area contributed by atoms with Crippen LogP contribution in [0.5, 0.6) is 5.75 Å². The van der Waals surface area contributed by atoms with E-state index in [2.05, 4.69) is 4.98 Å². The number of fused-ring (bicyclic) bond motifs is 1. The van der Waals surface area contributed by atoms with Crippen LogP contribution in [0.1, 0.15) is 28.3 Å². The summed E-state index contributed by atoms with van der Waals surface area (Å²) in [7, 11) is 1.49. The predicted molar refractivity (Wildman–Crippen MR) is 133 cm³/mol. The number of carbonyl (C=O) groups is 2. The first-order chi connectivity index (χ1) is 16.8. The van der Waals surface area contributed by atoms with Gasteiger partial charge in [-0.1, -0.05) is 41.7 Å². The van der Waals surface area contributed by atoms with Crippen LogP contribution in [0.3, 0.4) is 0 Å². The molecule has 1 N–H and O–H groups in total. The van der Waals surface area contributed by atoms with Gasteiger partial charge in [-0.25, -0.2) is 9.37 Å². The standard InChI is InChI=1S/C27H21FN2O4S/c1-14-11-15(2)22-20(12-14)35-27(29-22)30-23(16-7-9-18(28)10-8-16)21(25(32)26(30)33)24(31)17-5-4-6-19(13-17)34-3/h4-13,23,31H,1-3H3/b24-21+/t23-/m0/s1. The van der Waals surface area contributed by atoms with Crippen LogP contribution in [-0.2, 0) is 9.59 Å². The molecule has 5 rings (SSSR count). The van der Waals surface area contributed by atoms with E-state index in [1.54, 1.807) is 24.3 Å². The van der Waals surface area contributed by atoms with Crippen molar-refractivity contribution in [3.8, 4) is 5.75 Å². The van der Waals surface area contributed by atoms with Gasteiger partial charge in [-0.15, -0.1) is 0 Å². The summed E-state index contributed by atoms with van der Waals surface area (Å²) in [5, 5.41) is 11.6. The maximum absolute atomic E-state index is 13.7. The lowest BCUT2D eigenvalue weighted by Crippen LogP contribution is -2.29. The van der Waals surface area contributed by atoms with E-state index in [-0.39, 0.29) is 11.3 Å². The smallest absolute Gasteiger partial charge is 0.301 e. The Morgan fingerprint density at radius 2 is 1.83 bits per heavy atom. The Morgan fingerprint density at radius 1 is 1.09 bits per heavy atom. The number of benzene rings is 3. The van der Waals surface area contributed by atoms with Crippen molar-refractivity contribution in [3.63, 3.8) is 0 Å². The number of Topliss-reactive ketones (excluding diaryl/α,β-unsaturated/α-hetero) is 1. The van der Waals surface area contributed by atoms with Gasteiger partial charge in [-0.05, 0) is 60.9 Å². The number of ether oxygens (including phenoxy) is 1. The van der Waals surface area contributed by atoms with Gasteiger partial charge in [-0.3, -0.25) is 14.5 Å². The minimum atomic E-state index is -0.983. The number of thiazole rings is 1. The maximum Gasteiger partial charge on any atom is 0.301 e. The molecule has 1 atom stereocenters. The van der Waals surface area contributed by atoms with Gasteiger partial charge in [0.05, 0.1) is 28.9 Å². The monoisotopic (exact) mass is 488 g/mol. The number of halogens is 1. The van der Waals surface area contributed by atoms with Crippen molar-refractivity contribution < 1.29 is 23.8 Å². The van der Waals surface area contributed by atoms with Crippen LogP contribution < -0.4 is 9.64 Å². The number of hydrogen-bond acceptors (Lipinski definition) is 6. The number of aliphatic hydroxyl groups excluding tert-OH is 1. The van der Waals surface area contributed by atoms with Crippen molar-refractivity contribution in [2.75, 3.05) is 12.0 Å². The molecule has 0 radical (unpaired) electrons. The van der Waals surface area contributed by atoms with Gasteiger partial charge in [0.1, 0.15) is 17.3 Å². The van der Waals surface area contributed by atoms with Gasteiger partial charge in [0.25, 0.3) is 5.78 Å². The molecule has 35 heavy (non-hydrogen) atoms. The first-order valence-corrected chi connectivity index (χ1v) is 11.7. The second-order valence-corrected chi connectivity index (χ2v) is 9.39. The van der Waals surface area contributed by atoms with Crippen molar-refractivity contribution in [2.45, 2.75) is 19.9 Å². The van der Waals surface area contributed by atoms with Crippen LogP contribution in [-0.4, -0.2) is 28.9 Å². The first kappa shape index (κ1) is 22.7. The molecular formula is C27H21FN2O4S. The molecule has 1 fully saturated rings. The molecule has 1 saturated heterocycles. The predicted octanol–water partition coefficient (Wildman–Crippen LogP) is 5.69. The number of ketones is 1. The van der Waals surface area contributed by atoms with Gasteiger partial charge in [0.2, 0.25) is 0 Å². The Labute approximate surface area is 204 Å². The van der Waals surface area contributed by atoms with Crippen LogP contribution in [0.2, 0.25) is 0 Å². The molecule has 0 bridgehead atoms. The molecule has 2 heterocycles. The second kappa shape index (κ2) is 8.63. The maximum atomic E-state index is 13.7. The number of aromatic nitrogens is 1. The van der Waals surface area contributed by atoms with Crippen LogP contribution in [0.4, 0.5) is 9.52 Å². The first-order valence-electron chi connectivity index (χ1n) is 10.9. The molecule has 0 saturated carbocycles. The Balaban J connectivity index is 1.74. The number of carbonyl (C=O) groups excluding carboxylic acids is 2. The highest BCUT2D eigenvalue weighted by molar-refractivity contribution is 7.22. The summed E-state index contributed by atoms with van der Waals surface area (Å²) < 4.78 is 19.9. The summed E-state index contributed by atoms with van der Waals surface area (Å²) in [5.41, 5.74) is 3.45. The third-order valence-corrected chi connectivity index (χ3v) is 7.00. The third-order valence-electron chi connectivity index (χ3n) is 6.00. The normalized spacial score (nSPS) is 17.4. The van der Waals surface area contributed by atoms with Crippen molar-refractivity contribution in [1.82, 2.24) is 4.98 Å². The van der Waals surface area contributed by atoms with E-state index in [1.165, 1.54) is 47.6 Å². The number of rotatable bonds is 4. The molecular weight excluding hydrogens is 467 g/mol. The number of aryl methyl sites for hydroxylation is 2. The van der Waals surface area contributed by atoms with E-state index in [0.717, 1.165) is 21.3 Å². The molecule has 4 aromatic rings. The minimum Gasteiger partial charge on any atom is -0.507 e. The molecule has 1 amide bonds. The Morgan fingerprint density at radius 3 is 2.54 bits per heavy atom. The SMILES string of the molecule is COc1cccc(/C(O)=C2\C(=O)C(=O)N(c3nc4c(C)cc(C)cc4s3)[C@H]2c2ccc(F)cc2)c1. The van der Waals surface area contributed by atoms with E-state index < -0.39 is 23.5 Å². The molecule has 3 aromatic carbocycles. The Kier molecular flexibility index (Phi) is 5.61. The molecule has 6 nitrogen and oxygen atoms in total. The summed E-state index contributed by atoms with van der Waals surface area (Å²) in [6, 6.07) is 15.1. The number of anilines is 1. The highest BCUT2D eigenvalue weighted by atomic mass is 32.1. The molecule has 0 unspecified atom stereocenters. The minimum absolute atomic E-state index is 0.0954. The number of nitrogens with zero attached hydrogens (tertiary/aromatic N) is 2. The fourth-order valence-corrected chi connectivity index (χ4v) is 5.55. The molecule has 176 valence electrons. The molecule has 1 aliphatic rings. The van der Waals surface area contributed by atoms with Crippen molar-refractivity contribution >= 4 is 44.1 Å². The number of amides is 1. The van der Waals surface area contributed by atoms with Crippen LogP contribution in [0.25, 0.3) is 16.0 Å². The summed E-state index contributed by atoms with van der Waals surface area (Å²) >= 11 is 1.29. The number of aliphatic hydroxyl groups is 1. The van der Waals surface area contributed by atoms with Crippen molar-refractivity contribution in [2.24, 2.45) is 0 Å². The van der Waals surface area contributed by atoms with E-state index in [0.29, 0.717) is 22.0 Å². The molecule has 1 aliphatic heterocycles. The largest absolute Gasteiger partial charge is 0.507 e. The topological polar surface area (TPSA) is 79.7 Å². The highest BCUT2D eigenvalue weighted by Crippen LogP contribution is 2.44. The summed E-state index contributed by atoms with van der Waals surface area (Å²) in [6.45, 7) is 3.91.